The Bertz CT molecular complexity index is 1490. The van der Waals surface area contributed by atoms with Crippen LogP contribution >= 0.6 is 22.9 Å². The number of hydrogen-bond acceptors (Lipinski definition) is 6. The Morgan fingerprint density at radius 2 is 1.74 bits per heavy atom. The molecule has 0 N–H and O–H groups in total. The highest BCUT2D eigenvalue weighted by atomic mass is 35.5. The lowest BCUT2D eigenvalue weighted by Crippen LogP contribution is -2.49. The van der Waals surface area contributed by atoms with Gasteiger partial charge in [0.25, 0.3) is 0 Å². The highest BCUT2D eigenvalue weighted by molar-refractivity contribution is 7.10. The Balaban J connectivity index is 1.37. The molecule has 1 saturated heterocycles. The molecule has 9 heteroatoms. The molecular formula is C25H21ClN6OS. The number of halogens is 1. The Labute approximate surface area is 205 Å². The van der Waals surface area contributed by atoms with Crippen LogP contribution in [0.25, 0.3) is 27.9 Å². The van der Waals surface area contributed by atoms with E-state index in [0.717, 1.165) is 32.9 Å². The summed E-state index contributed by atoms with van der Waals surface area (Å²) in [5, 5.41) is 12.6. The molecule has 1 aliphatic rings. The van der Waals surface area contributed by atoms with Crippen LogP contribution in [-0.2, 0) is 11.2 Å². The minimum absolute atomic E-state index is 0.166. The van der Waals surface area contributed by atoms with Crippen LogP contribution in [0.3, 0.4) is 0 Å². The van der Waals surface area contributed by atoms with Crippen LogP contribution in [0.5, 0.6) is 0 Å². The zero-order valence-electron chi connectivity index (χ0n) is 18.3. The van der Waals surface area contributed by atoms with Gasteiger partial charge in [-0.2, -0.15) is 0 Å². The van der Waals surface area contributed by atoms with E-state index in [2.05, 4.69) is 15.1 Å². The normalized spacial score (nSPS) is 14.3. The molecule has 0 radical (unpaired) electrons. The summed E-state index contributed by atoms with van der Waals surface area (Å²) in [5.41, 5.74) is 2.41. The molecule has 7 nitrogen and oxygen atoms in total. The molecule has 0 saturated carbocycles. The summed E-state index contributed by atoms with van der Waals surface area (Å²) in [4.78, 5) is 23.0. The first-order valence-electron chi connectivity index (χ1n) is 11.1. The minimum atomic E-state index is 0.166. The van der Waals surface area contributed by atoms with Crippen molar-refractivity contribution in [3.8, 4) is 11.4 Å². The number of anilines is 1. The largest absolute Gasteiger partial charge is 0.339 e. The fraction of sp³-hybridized carbons (Fsp3) is 0.200. The van der Waals surface area contributed by atoms with Gasteiger partial charge in [-0.25, -0.2) is 9.38 Å². The Morgan fingerprint density at radius 3 is 2.53 bits per heavy atom. The molecule has 0 aliphatic carbocycles. The lowest BCUT2D eigenvalue weighted by molar-refractivity contribution is -0.130. The summed E-state index contributed by atoms with van der Waals surface area (Å²) in [6.45, 7) is 2.64. The highest BCUT2D eigenvalue weighted by Gasteiger charge is 2.26. The van der Waals surface area contributed by atoms with Crippen molar-refractivity contribution in [2.24, 2.45) is 0 Å². The number of amides is 1. The molecule has 1 amide bonds. The maximum atomic E-state index is 12.8. The third kappa shape index (κ3) is 3.69. The monoisotopic (exact) mass is 488 g/mol. The first kappa shape index (κ1) is 21.1. The van der Waals surface area contributed by atoms with Gasteiger partial charge in [0.05, 0.1) is 17.0 Å². The van der Waals surface area contributed by atoms with Crippen molar-refractivity contribution in [3.05, 3.63) is 75.9 Å². The van der Waals surface area contributed by atoms with Gasteiger partial charge in [-0.1, -0.05) is 41.9 Å². The maximum absolute atomic E-state index is 12.8. The van der Waals surface area contributed by atoms with Gasteiger partial charge < -0.3 is 9.80 Å². The van der Waals surface area contributed by atoms with Gasteiger partial charge >= 0.3 is 0 Å². The molecule has 0 unspecified atom stereocenters. The van der Waals surface area contributed by atoms with E-state index in [1.165, 1.54) is 0 Å². The fourth-order valence-electron chi connectivity index (χ4n) is 4.43. The molecule has 1 fully saturated rings. The predicted molar refractivity (Wildman–Crippen MR) is 136 cm³/mol. The van der Waals surface area contributed by atoms with Crippen LogP contribution in [0, 0.1) is 0 Å². The van der Waals surface area contributed by atoms with Gasteiger partial charge in [-0.15, -0.1) is 21.5 Å². The number of aromatic nitrogens is 4. The number of fused-ring (bicyclic) bond motifs is 3. The number of carbonyl (C=O) groups is 1. The number of carbonyl (C=O) groups excluding carboxylic acids is 1. The zero-order valence-corrected chi connectivity index (χ0v) is 19.8. The molecule has 34 heavy (non-hydrogen) atoms. The van der Waals surface area contributed by atoms with E-state index in [4.69, 9.17) is 16.6 Å². The van der Waals surface area contributed by atoms with E-state index in [-0.39, 0.29) is 5.91 Å². The number of rotatable bonds is 4. The summed E-state index contributed by atoms with van der Waals surface area (Å²) in [6, 6.07) is 19.6. The van der Waals surface area contributed by atoms with Crippen molar-refractivity contribution in [3.63, 3.8) is 0 Å². The first-order chi connectivity index (χ1) is 16.7. The van der Waals surface area contributed by atoms with Crippen LogP contribution in [0.2, 0.25) is 5.02 Å². The number of para-hydroxylation sites is 1. The maximum Gasteiger partial charge on any atom is 0.227 e. The van der Waals surface area contributed by atoms with Gasteiger partial charge in [0, 0.05) is 42.0 Å². The highest BCUT2D eigenvalue weighted by Crippen LogP contribution is 2.32. The molecule has 0 atom stereocenters. The van der Waals surface area contributed by atoms with Crippen LogP contribution in [0.1, 0.15) is 4.88 Å². The molecule has 2 aromatic carbocycles. The number of thiophene rings is 1. The number of piperazine rings is 1. The van der Waals surface area contributed by atoms with Gasteiger partial charge in [-0.05, 0) is 35.7 Å². The molecule has 6 rings (SSSR count). The van der Waals surface area contributed by atoms with Gasteiger partial charge in [-0.3, -0.25) is 4.79 Å². The van der Waals surface area contributed by atoms with E-state index in [9.17, 15) is 4.79 Å². The fourth-order valence-corrected chi connectivity index (χ4v) is 5.34. The number of benzene rings is 2. The summed E-state index contributed by atoms with van der Waals surface area (Å²) in [5.74, 6) is 1.59. The predicted octanol–water partition coefficient (Wildman–Crippen LogP) is 4.55. The third-order valence-corrected chi connectivity index (χ3v) is 7.37. The smallest absolute Gasteiger partial charge is 0.227 e. The van der Waals surface area contributed by atoms with Gasteiger partial charge in [0.15, 0.2) is 11.5 Å². The van der Waals surface area contributed by atoms with E-state index < -0.39 is 0 Å². The second kappa shape index (κ2) is 8.70. The van der Waals surface area contributed by atoms with Crippen molar-refractivity contribution in [2.75, 3.05) is 31.1 Å². The Hall–Kier alpha value is -3.49. The molecular weight excluding hydrogens is 468 g/mol. The van der Waals surface area contributed by atoms with Gasteiger partial charge in [0.2, 0.25) is 11.9 Å². The Morgan fingerprint density at radius 1 is 0.941 bits per heavy atom. The average molecular weight is 489 g/mol. The quantitative estimate of drug-likeness (QED) is 0.371. The van der Waals surface area contributed by atoms with E-state index >= 15 is 0 Å². The van der Waals surface area contributed by atoms with E-state index in [0.29, 0.717) is 43.4 Å². The van der Waals surface area contributed by atoms with Crippen LogP contribution in [0.15, 0.2) is 66.0 Å². The third-order valence-electron chi connectivity index (χ3n) is 6.16. The minimum Gasteiger partial charge on any atom is -0.339 e. The molecule has 170 valence electrons. The van der Waals surface area contributed by atoms with Crippen LogP contribution in [0.4, 0.5) is 5.95 Å². The van der Waals surface area contributed by atoms with Crippen molar-refractivity contribution in [1.29, 1.82) is 0 Å². The standard InChI is InChI=1S/C25H21ClN6OS/c26-20-9-3-1-7-18(20)23-28-29-24-19-8-2-4-10-21(19)27-25(32(23)24)31-13-11-30(12-14-31)22(33)16-17-6-5-15-34-17/h1-10,15H,11-14,16H2. The van der Waals surface area contributed by atoms with Crippen molar-refractivity contribution in [1.82, 2.24) is 24.5 Å². The molecule has 3 aromatic heterocycles. The molecule has 5 aromatic rings. The first-order valence-corrected chi connectivity index (χ1v) is 12.4. The Kier molecular flexibility index (Phi) is 5.39. The van der Waals surface area contributed by atoms with Crippen molar-refractivity contribution in [2.45, 2.75) is 6.42 Å². The van der Waals surface area contributed by atoms with E-state index in [1.54, 1.807) is 11.3 Å². The number of nitrogens with zero attached hydrogens (tertiary/aromatic N) is 6. The summed E-state index contributed by atoms with van der Waals surface area (Å²) in [7, 11) is 0. The van der Waals surface area contributed by atoms with Crippen LogP contribution in [-0.4, -0.2) is 56.6 Å². The van der Waals surface area contributed by atoms with E-state index in [1.807, 2.05) is 75.3 Å². The summed E-state index contributed by atoms with van der Waals surface area (Å²) < 4.78 is 1.99. The second-order valence-electron chi connectivity index (χ2n) is 8.22. The van der Waals surface area contributed by atoms with Gasteiger partial charge in [0.1, 0.15) is 0 Å². The molecule has 1 aliphatic heterocycles. The number of hydrogen-bond donors (Lipinski definition) is 0. The lowest BCUT2D eigenvalue weighted by atomic mass is 10.2. The van der Waals surface area contributed by atoms with Crippen LogP contribution < -0.4 is 4.90 Å². The second-order valence-corrected chi connectivity index (χ2v) is 9.65. The molecule has 0 bridgehead atoms. The molecule has 0 spiro atoms. The molecule has 4 heterocycles. The average Bonchev–Trinajstić information content (AvgIpc) is 3.54. The summed E-state index contributed by atoms with van der Waals surface area (Å²) >= 11 is 8.15. The SMILES string of the molecule is O=C(Cc1cccs1)N1CCN(c2nc3ccccc3c3nnc(-c4ccccc4Cl)n23)CC1. The lowest BCUT2D eigenvalue weighted by Gasteiger charge is -2.35. The van der Waals surface area contributed by atoms with Crippen molar-refractivity contribution < 1.29 is 4.79 Å². The van der Waals surface area contributed by atoms with Crippen molar-refractivity contribution >= 4 is 51.3 Å². The topological polar surface area (TPSA) is 66.6 Å². The zero-order chi connectivity index (χ0) is 23.1. The summed E-state index contributed by atoms with van der Waals surface area (Å²) in [6.07, 6.45) is 0.457.